The van der Waals surface area contributed by atoms with Crippen molar-refractivity contribution in [2.75, 3.05) is 6.61 Å². The quantitative estimate of drug-likeness (QED) is 0.494. The number of carbonyl (C=O) groups is 1. The van der Waals surface area contributed by atoms with Crippen molar-refractivity contribution in [1.82, 2.24) is 0 Å². The second-order valence-electron chi connectivity index (χ2n) is 5.30. The van der Waals surface area contributed by atoms with Crippen LogP contribution >= 0.6 is 0 Å². The number of hydrogen-bond acceptors (Lipinski definition) is 2. The van der Waals surface area contributed by atoms with Crippen LogP contribution < -0.4 is 0 Å². The van der Waals surface area contributed by atoms with Gasteiger partial charge in [0.05, 0.1) is 18.3 Å². The molecular formula is C12H18F6O2. The van der Waals surface area contributed by atoms with Crippen molar-refractivity contribution in [3.63, 3.8) is 0 Å². The predicted octanol–water partition coefficient (Wildman–Crippen LogP) is 4.28. The third-order valence-corrected chi connectivity index (χ3v) is 2.82. The number of carbonyl (C=O) groups excluding carboxylic acids is 1. The van der Waals surface area contributed by atoms with Gasteiger partial charge >= 0.3 is 5.97 Å². The second-order valence-corrected chi connectivity index (χ2v) is 5.30. The Labute approximate surface area is 113 Å². The van der Waals surface area contributed by atoms with Crippen LogP contribution in [0.4, 0.5) is 26.3 Å². The summed E-state index contributed by atoms with van der Waals surface area (Å²) >= 11 is 0. The highest BCUT2D eigenvalue weighted by atomic mass is 19.3. The molecule has 0 spiro atoms. The largest absolute Gasteiger partial charge is 0.459 e. The molecule has 0 aromatic heterocycles. The van der Waals surface area contributed by atoms with Gasteiger partial charge in [-0.15, -0.1) is 0 Å². The van der Waals surface area contributed by atoms with E-state index in [1.54, 1.807) is 6.92 Å². The van der Waals surface area contributed by atoms with Crippen molar-refractivity contribution < 1.29 is 35.9 Å². The smallest absolute Gasteiger partial charge is 0.311 e. The summed E-state index contributed by atoms with van der Waals surface area (Å²) in [5.41, 5.74) is -1.01. The van der Waals surface area contributed by atoms with E-state index in [0.29, 0.717) is 6.42 Å². The molecule has 0 saturated heterocycles. The average Bonchev–Trinajstić information content (AvgIpc) is 2.22. The van der Waals surface area contributed by atoms with Crippen molar-refractivity contribution in [3.8, 4) is 0 Å². The van der Waals surface area contributed by atoms with Gasteiger partial charge in [0.1, 0.15) is 0 Å². The third-order valence-electron chi connectivity index (χ3n) is 2.82. The molecule has 0 fully saturated rings. The molecule has 0 rings (SSSR count). The molecule has 2 nitrogen and oxygen atoms in total. The lowest BCUT2D eigenvalue weighted by atomic mass is 9.91. The predicted molar refractivity (Wildman–Crippen MR) is 60.2 cm³/mol. The third kappa shape index (κ3) is 7.00. The second kappa shape index (κ2) is 6.67. The molecule has 120 valence electrons. The van der Waals surface area contributed by atoms with Crippen LogP contribution in [0.5, 0.6) is 0 Å². The molecule has 0 aliphatic rings. The fraction of sp³-hybridized carbons (Fsp3) is 0.917. The summed E-state index contributed by atoms with van der Waals surface area (Å²) < 4.78 is 80.2. The molecule has 0 heterocycles. The number of esters is 1. The van der Waals surface area contributed by atoms with Crippen LogP contribution in [-0.2, 0) is 9.53 Å². The molecule has 8 heteroatoms. The number of alkyl halides is 6. The normalized spacial score (nSPS) is 13.7. The van der Waals surface area contributed by atoms with Crippen LogP contribution in [-0.4, -0.2) is 30.8 Å². The summed E-state index contributed by atoms with van der Waals surface area (Å²) in [7, 11) is 0. The van der Waals surface area contributed by atoms with Crippen LogP contribution in [0.25, 0.3) is 0 Å². The fourth-order valence-electron chi connectivity index (χ4n) is 1.24. The van der Waals surface area contributed by atoms with Gasteiger partial charge in [-0.1, -0.05) is 6.92 Å². The summed E-state index contributed by atoms with van der Waals surface area (Å²) in [5, 5.41) is 0. The molecule has 0 radical (unpaired) electrons. The molecule has 0 aliphatic heterocycles. The van der Waals surface area contributed by atoms with Gasteiger partial charge in [0.2, 0.25) is 6.43 Å². The van der Waals surface area contributed by atoms with Crippen LogP contribution in [0.3, 0.4) is 0 Å². The highest BCUT2D eigenvalue weighted by molar-refractivity contribution is 5.75. The Morgan fingerprint density at radius 1 is 1.10 bits per heavy atom. The zero-order chi connectivity index (χ0) is 16.2. The highest BCUT2D eigenvalue weighted by Gasteiger charge is 2.46. The molecule has 0 aromatic rings. The van der Waals surface area contributed by atoms with Crippen LogP contribution in [0.15, 0.2) is 0 Å². The van der Waals surface area contributed by atoms with Crippen LogP contribution in [0.1, 0.15) is 40.0 Å². The van der Waals surface area contributed by atoms with Gasteiger partial charge in [-0.05, 0) is 20.3 Å². The maximum absolute atomic E-state index is 13.2. The first kappa shape index (κ1) is 19.1. The monoisotopic (exact) mass is 308 g/mol. The Hall–Kier alpha value is -0.950. The summed E-state index contributed by atoms with van der Waals surface area (Å²) in [4.78, 5) is 11.4. The first-order valence-corrected chi connectivity index (χ1v) is 6.02. The summed E-state index contributed by atoms with van der Waals surface area (Å²) in [6, 6.07) is 0. The Morgan fingerprint density at radius 3 is 2.00 bits per heavy atom. The van der Waals surface area contributed by atoms with E-state index in [-0.39, 0.29) is 0 Å². The van der Waals surface area contributed by atoms with Crippen LogP contribution in [0.2, 0.25) is 0 Å². The molecule has 0 aromatic carbocycles. The summed E-state index contributed by atoms with van der Waals surface area (Å²) in [6.07, 6.45) is -7.09. The van der Waals surface area contributed by atoms with E-state index < -0.39 is 49.1 Å². The molecule has 0 N–H and O–H groups in total. The van der Waals surface area contributed by atoms with Gasteiger partial charge in [0, 0.05) is 0 Å². The van der Waals surface area contributed by atoms with Crippen molar-refractivity contribution in [3.05, 3.63) is 0 Å². The lowest BCUT2D eigenvalue weighted by Crippen LogP contribution is -2.37. The zero-order valence-electron chi connectivity index (χ0n) is 11.5. The maximum atomic E-state index is 13.2. The fourth-order valence-corrected chi connectivity index (χ4v) is 1.24. The maximum Gasteiger partial charge on any atom is 0.311 e. The van der Waals surface area contributed by atoms with Crippen molar-refractivity contribution >= 4 is 5.97 Å². The minimum atomic E-state index is -4.22. The molecule has 0 amide bonds. The minimum Gasteiger partial charge on any atom is -0.459 e. The van der Waals surface area contributed by atoms with E-state index in [4.69, 9.17) is 0 Å². The lowest BCUT2D eigenvalue weighted by molar-refractivity contribution is -0.179. The number of halogens is 6. The summed E-state index contributed by atoms with van der Waals surface area (Å²) in [5.74, 6) is -9.22. The highest BCUT2D eigenvalue weighted by Crippen LogP contribution is 2.35. The minimum absolute atomic E-state index is 0.318. The Morgan fingerprint density at radius 2 is 1.60 bits per heavy atom. The number of ether oxygens (including phenoxy) is 1. The van der Waals surface area contributed by atoms with E-state index >= 15 is 0 Å². The summed E-state index contributed by atoms with van der Waals surface area (Å²) in [6.45, 7) is 3.00. The van der Waals surface area contributed by atoms with E-state index in [1.165, 1.54) is 13.8 Å². The average molecular weight is 308 g/mol. The van der Waals surface area contributed by atoms with Gasteiger partial charge in [-0.25, -0.2) is 26.3 Å². The molecule has 20 heavy (non-hydrogen) atoms. The van der Waals surface area contributed by atoms with Gasteiger partial charge < -0.3 is 4.74 Å². The Kier molecular flexibility index (Phi) is 6.35. The first-order valence-electron chi connectivity index (χ1n) is 6.02. The van der Waals surface area contributed by atoms with Gasteiger partial charge in [0.15, 0.2) is 6.61 Å². The van der Waals surface area contributed by atoms with E-state index in [2.05, 4.69) is 4.74 Å². The van der Waals surface area contributed by atoms with E-state index in [9.17, 15) is 31.1 Å². The molecule has 0 aliphatic carbocycles. The first-order chi connectivity index (χ1) is 8.81. The van der Waals surface area contributed by atoms with E-state index in [1.807, 2.05) is 0 Å². The SMILES string of the molecule is CCC(C)(C)C(=O)OCC(F)(F)CC(F)(F)CC(F)F. The van der Waals surface area contributed by atoms with Gasteiger partial charge in [-0.3, -0.25) is 4.79 Å². The van der Waals surface area contributed by atoms with Gasteiger partial charge in [-0.2, -0.15) is 0 Å². The molecule has 0 bridgehead atoms. The standard InChI is InChI=1S/C12H18F6O2/c1-4-10(2,3)9(19)20-7-12(17,18)6-11(15,16)5-8(13)14/h8H,4-7H2,1-3H3. The molecule has 0 unspecified atom stereocenters. The van der Waals surface area contributed by atoms with Crippen molar-refractivity contribution in [2.45, 2.75) is 58.3 Å². The van der Waals surface area contributed by atoms with Gasteiger partial charge in [0.25, 0.3) is 11.8 Å². The number of hydrogen-bond donors (Lipinski definition) is 0. The van der Waals surface area contributed by atoms with Crippen LogP contribution in [0, 0.1) is 5.41 Å². The van der Waals surface area contributed by atoms with E-state index in [0.717, 1.165) is 0 Å². The zero-order valence-corrected chi connectivity index (χ0v) is 11.5. The number of rotatable bonds is 8. The van der Waals surface area contributed by atoms with Crippen molar-refractivity contribution in [2.24, 2.45) is 5.41 Å². The molecular weight excluding hydrogens is 290 g/mol. The van der Waals surface area contributed by atoms with Crippen molar-refractivity contribution in [1.29, 1.82) is 0 Å². The Bertz CT molecular complexity index is 328. The lowest BCUT2D eigenvalue weighted by Gasteiger charge is -2.25. The molecule has 0 atom stereocenters. The topological polar surface area (TPSA) is 26.3 Å². The Balaban J connectivity index is 4.50. The molecule has 0 saturated carbocycles.